The normalized spacial score (nSPS) is 12.9. The molecule has 1 aromatic carbocycles. The van der Waals surface area contributed by atoms with E-state index in [1.54, 1.807) is 0 Å². The van der Waals surface area contributed by atoms with Crippen LogP contribution in [0.1, 0.15) is 18.0 Å². The molecule has 0 amide bonds. The minimum atomic E-state index is 0.0110. The van der Waals surface area contributed by atoms with Crippen molar-refractivity contribution >= 4 is 31.9 Å². The Hall–Kier alpha value is 0.1000. The van der Waals surface area contributed by atoms with Crippen LogP contribution in [0.4, 0.5) is 0 Å². The monoisotopic (exact) mass is 306 g/mol. The van der Waals surface area contributed by atoms with Crippen LogP contribution in [0.5, 0.6) is 0 Å². The molecule has 2 nitrogen and oxygen atoms in total. The molecular formula is C9H12Br2N2. The Morgan fingerprint density at radius 1 is 1.31 bits per heavy atom. The standard InChI is InChI=1S/C9H12Br2N2/c10-6-1-2-8(11)7(5-6)9(13)3-4-12/h1-2,5,9H,3-4,12-13H2/t9-/m0/s1. The van der Waals surface area contributed by atoms with Crippen molar-refractivity contribution < 1.29 is 0 Å². The van der Waals surface area contributed by atoms with Crippen LogP contribution < -0.4 is 11.5 Å². The highest BCUT2D eigenvalue weighted by atomic mass is 79.9. The van der Waals surface area contributed by atoms with Gasteiger partial charge in [0.2, 0.25) is 0 Å². The van der Waals surface area contributed by atoms with Gasteiger partial charge in [0.05, 0.1) is 0 Å². The second-order valence-corrected chi connectivity index (χ2v) is 4.62. The molecule has 0 bridgehead atoms. The quantitative estimate of drug-likeness (QED) is 0.901. The summed E-state index contributed by atoms with van der Waals surface area (Å²) in [6, 6.07) is 5.99. The first-order valence-corrected chi connectivity index (χ1v) is 5.64. The average molecular weight is 308 g/mol. The van der Waals surface area contributed by atoms with Gasteiger partial charge in [-0.05, 0) is 36.7 Å². The van der Waals surface area contributed by atoms with Gasteiger partial charge in [-0.15, -0.1) is 0 Å². The lowest BCUT2D eigenvalue weighted by molar-refractivity contribution is 0.658. The maximum absolute atomic E-state index is 5.94. The third kappa shape index (κ3) is 3.06. The molecule has 4 N–H and O–H groups in total. The van der Waals surface area contributed by atoms with E-state index in [1.165, 1.54) is 0 Å². The van der Waals surface area contributed by atoms with Crippen molar-refractivity contribution in [2.45, 2.75) is 12.5 Å². The van der Waals surface area contributed by atoms with Crippen LogP contribution in [0.3, 0.4) is 0 Å². The zero-order valence-corrected chi connectivity index (χ0v) is 10.3. The Kier molecular flexibility index (Phi) is 4.38. The van der Waals surface area contributed by atoms with Gasteiger partial charge in [-0.25, -0.2) is 0 Å². The molecule has 4 heteroatoms. The molecule has 13 heavy (non-hydrogen) atoms. The fourth-order valence-electron chi connectivity index (χ4n) is 1.13. The molecule has 0 saturated carbocycles. The maximum Gasteiger partial charge on any atom is 0.0318 e. The van der Waals surface area contributed by atoms with E-state index in [1.807, 2.05) is 18.2 Å². The van der Waals surface area contributed by atoms with Crippen LogP contribution >= 0.6 is 31.9 Å². The van der Waals surface area contributed by atoms with Crippen molar-refractivity contribution in [3.8, 4) is 0 Å². The van der Waals surface area contributed by atoms with E-state index in [-0.39, 0.29) is 6.04 Å². The lowest BCUT2D eigenvalue weighted by Crippen LogP contribution is -2.15. The third-order valence-corrected chi connectivity index (χ3v) is 3.05. The van der Waals surface area contributed by atoms with Crippen LogP contribution in [0.2, 0.25) is 0 Å². The van der Waals surface area contributed by atoms with Crippen LogP contribution in [-0.2, 0) is 0 Å². The molecule has 0 aromatic heterocycles. The first-order valence-electron chi connectivity index (χ1n) is 4.05. The molecule has 1 atom stereocenters. The molecule has 0 radical (unpaired) electrons. The number of nitrogens with two attached hydrogens (primary N) is 2. The van der Waals surface area contributed by atoms with Gasteiger partial charge in [-0.3, -0.25) is 0 Å². The molecule has 72 valence electrons. The summed E-state index contributed by atoms with van der Waals surface area (Å²) >= 11 is 6.87. The minimum Gasteiger partial charge on any atom is -0.330 e. The molecule has 0 aliphatic rings. The maximum atomic E-state index is 5.94. The third-order valence-electron chi connectivity index (χ3n) is 1.84. The highest BCUT2D eigenvalue weighted by Gasteiger charge is 2.08. The summed E-state index contributed by atoms with van der Waals surface area (Å²) in [5.41, 5.74) is 12.5. The van der Waals surface area contributed by atoms with E-state index >= 15 is 0 Å². The fraction of sp³-hybridized carbons (Fsp3) is 0.333. The van der Waals surface area contributed by atoms with Gasteiger partial charge in [0, 0.05) is 15.0 Å². The zero-order chi connectivity index (χ0) is 9.84. The van der Waals surface area contributed by atoms with Gasteiger partial charge in [0.25, 0.3) is 0 Å². The van der Waals surface area contributed by atoms with Crippen molar-refractivity contribution in [3.05, 3.63) is 32.7 Å². The number of hydrogen-bond donors (Lipinski definition) is 2. The molecule has 1 aromatic rings. The van der Waals surface area contributed by atoms with E-state index in [2.05, 4.69) is 31.9 Å². The van der Waals surface area contributed by atoms with Gasteiger partial charge < -0.3 is 11.5 Å². The molecule has 0 unspecified atom stereocenters. The summed E-state index contributed by atoms with van der Waals surface area (Å²) in [4.78, 5) is 0. The summed E-state index contributed by atoms with van der Waals surface area (Å²) < 4.78 is 2.08. The van der Waals surface area contributed by atoms with E-state index in [0.717, 1.165) is 20.9 Å². The van der Waals surface area contributed by atoms with Gasteiger partial charge in [-0.2, -0.15) is 0 Å². The summed E-state index contributed by atoms with van der Waals surface area (Å²) in [5, 5.41) is 0. The van der Waals surface area contributed by atoms with E-state index in [4.69, 9.17) is 11.5 Å². The van der Waals surface area contributed by atoms with E-state index in [0.29, 0.717) is 6.54 Å². The molecule has 1 rings (SSSR count). The number of benzene rings is 1. The van der Waals surface area contributed by atoms with Crippen molar-refractivity contribution in [2.75, 3.05) is 6.54 Å². The Morgan fingerprint density at radius 2 is 2.00 bits per heavy atom. The van der Waals surface area contributed by atoms with Crippen LogP contribution in [0, 0.1) is 0 Å². The molecular weight excluding hydrogens is 296 g/mol. The SMILES string of the molecule is NCC[C@H](N)c1cc(Br)ccc1Br. The van der Waals surface area contributed by atoms with E-state index in [9.17, 15) is 0 Å². The zero-order valence-electron chi connectivity index (χ0n) is 7.13. The first-order chi connectivity index (χ1) is 6.15. The van der Waals surface area contributed by atoms with Crippen molar-refractivity contribution in [2.24, 2.45) is 11.5 Å². The summed E-state index contributed by atoms with van der Waals surface area (Å²) in [6.07, 6.45) is 0.801. The molecule has 0 saturated heterocycles. The highest BCUT2D eigenvalue weighted by molar-refractivity contribution is 9.11. The Balaban J connectivity index is 2.91. The van der Waals surface area contributed by atoms with Crippen molar-refractivity contribution in [1.82, 2.24) is 0 Å². The number of halogens is 2. The minimum absolute atomic E-state index is 0.0110. The lowest BCUT2D eigenvalue weighted by Gasteiger charge is -2.12. The van der Waals surface area contributed by atoms with Crippen LogP contribution in [0.25, 0.3) is 0 Å². The molecule has 0 aliphatic carbocycles. The predicted molar refractivity (Wildman–Crippen MR) is 62.4 cm³/mol. The largest absolute Gasteiger partial charge is 0.330 e. The lowest BCUT2D eigenvalue weighted by atomic mass is 10.1. The van der Waals surface area contributed by atoms with Gasteiger partial charge in [0.1, 0.15) is 0 Å². The molecule has 0 heterocycles. The topological polar surface area (TPSA) is 52.0 Å². The Bertz CT molecular complexity index is 289. The second-order valence-electron chi connectivity index (χ2n) is 2.85. The second kappa shape index (κ2) is 5.10. The number of hydrogen-bond acceptors (Lipinski definition) is 2. The van der Waals surface area contributed by atoms with Crippen molar-refractivity contribution in [3.63, 3.8) is 0 Å². The average Bonchev–Trinajstić information content (AvgIpc) is 2.09. The molecule has 0 aliphatic heterocycles. The van der Waals surface area contributed by atoms with Crippen LogP contribution in [0.15, 0.2) is 27.1 Å². The van der Waals surface area contributed by atoms with Crippen molar-refractivity contribution in [1.29, 1.82) is 0 Å². The van der Waals surface area contributed by atoms with Gasteiger partial charge >= 0.3 is 0 Å². The predicted octanol–water partition coefficient (Wildman–Crippen LogP) is 2.56. The smallest absolute Gasteiger partial charge is 0.0318 e. The number of rotatable bonds is 3. The van der Waals surface area contributed by atoms with E-state index < -0.39 is 0 Å². The summed E-state index contributed by atoms with van der Waals surface area (Å²) in [7, 11) is 0. The summed E-state index contributed by atoms with van der Waals surface area (Å²) in [6.45, 7) is 0.611. The molecule has 0 spiro atoms. The summed E-state index contributed by atoms with van der Waals surface area (Å²) in [5.74, 6) is 0. The Morgan fingerprint density at radius 3 is 2.62 bits per heavy atom. The molecule has 0 fully saturated rings. The van der Waals surface area contributed by atoms with Gasteiger partial charge in [-0.1, -0.05) is 31.9 Å². The highest BCUT2D eigenvalue weighted by Crippen LogP contribution is 2.26. The fourth-order valence-corrected chi connectivity index (χ4v) is 2.05. The van der Waals surface area contributed by atoms with Crippen LogP contribution in [-0.4, -0.2) is 6.54 Å². The van der Waals surface area contributed by atoms with Gasteiger partial charge in [0.15, 0.2) is 0 Å². The Labute approximate surface area is 94.9 Å². The first kappa shape index (κ1) is 11.2.